The first kappa shape index (κ1) is 11.9. The van der Waals surface area contributed by atoms with Gasteiger partial charge in [-0.25, -0.2) is 4.39 Å². The van der Waals surface area contributed by atoms with E-state index in [9.17, 15) is 4.39 Å². The topological polar surface area (TPSA) is 12.0 Å². The molecule has 3 atom stereocenters. The molecule has 0 bridgehead atoms. The maximum absolute atomic E-state index is 13.2. The monoisotopic (exact) mass is 239 g/mol. The smallest absolute Gasteiger partial charge is 0.123 e. The van der Waals surface area contributed by atoms with Crippen molar-refractivity contribution < 1.29 is 4.39 Å². The number of halogens is 1. The van der Waals surface area contributed by atoms with Crippen LogP contribution in [0.25, 0.3) is 0 Å². The lowest BCUT2D eigenvalue weighted by Gasteiger charge is -2.24. The standard InChI is InChI=1S/C13H18FNS/c1-9-6-7-16-10(2)13(15-9)11-4-3-5-12(14)8-11/h3-5,8-10,13,15H,6-7H2,1-2H3. The SMILES string of the molecule is CC1CCSC(C)C(c2cccc(F)c2)N1. The third-order valence-corrected chi connectivity index (χ3v) is 4.34. The van der Waals surface area contributed by atoms with Gasteiger partial charge in [0.25, 0.3) is 0 Å². The summed E-state index contributed by atoms with van der Waals surface area (Å²) in [5.41, 5.74) is 1.06. The molecule has 0 spiro atoms. The highest BCUT2D eigenvalue weighted by molar-refractivity contribution is 7.99. The van der Waals surface area contributed by atoms with Crippen LogP contribution >= 0.6 is 11.8 Å². The van der Waals surface area contributed by atoms with Crippen LogP contribution in [0.15, 0.2) is 24.3 Å². The highest BCUT2D eigenvalue weighted by atomic mass is 32.2. The summed E-state index contributed by atoms with van der Waals surface area (Å²) in [6, 6.07) is 7.72. The molecule has 0 amide bonds. The first-order valence-corrected chi connectivity index (χ1v) is 6.85. The van der Waals surface area contributed by atoms with Gasteiger partial charge in [0.05, 0.1) is 0 Å². The maximum atomic E-state index is 13.2. The van der Waals surface area contributed by atoms with E-state index in [0.29, 0.717) is 11.3 Å². The van der Waals surface area contributed by atoms with Crippen LogP contribution in [0.1, 0.15) is 31.9 Å². The lowest BCUT2D eigenvalue weighted by Crippen LogP contribution is -2.33. The summed E-state index contributed by atoms with van der Waals surface area (Å²) >= 11 is 1.97. The summed E-state index contributed by atoms with van der Waals surface area (Å²) in [5.74, 6) is 1.04. The van der Waals surface area contributed by atoms with E-state index in [0.717, 1.165) is 5.56 Å². The Kier molecular flexibility index (Phi) is 3.87. The van der Waals surface area contributed by atoms with Gasteiger partial charge >= 0.3 is 0 Å². The van der Waals surface area contributed by atoms with E-state index in [1.165, 1.54) is 18.2 Å². The van der Waals surface area contributed by atoms with Gasteiger partial charge in [-0.15, -0.1) is 0 Å². The molecule has 1 aromatic rings. The van der Waals surface area contributed by atoms with E-state index >= 15 is 0 Å². The summed E-state index contributed by atoms with van der Waals surface area (Å²) in [6.45, 7) is 4.41. The lowest BCUT2D eigenvalue weighted by molar-refractivity contribution is 0.454. The van der Waals surface area contributed by atoms with Gasteiger partial charge in [-0.05, 0) is 36.8 Å². The summed E-state index contributed by atoms with van der Waals surface area (Å²) < 4.78 is 13.2. The second kappa shape index (κ2) is 5.19. The molecule has 1 fully saturated rings. The number of nitrogens with one attached hydrogen (secondary N) is 1. The molecule has 1 nitrogen and oxygen atoms in total. The average Bonchev–Trinajstić information content (AvgIpc) is 2.41. The Morgan fingerprint density at radius 1 is 1.38 bits per heavy atom. The second-order valence-electron chi connectivity index (χ2n) is 4.46. The third kappa shape index (κ3) is 2.77. The van der Waals surface area contributed by atoms with Gasteiger partial charge in [0.1, 0.15) is 5.82 Å². The predicted octanol–water partition coefficient (Wildman–Crippen LogP) is 3.37. The molecule has 1 aromatic carbocycles. The highest BCUT2D eigenvalue weighted by Gasteiger charge is 2.24. The van der Waals surface area contributed by atoms with Crippen molar-refractivity contribution in [1.29, 1.82) is 0 Å². The van der Waals surface area contributed by atoms with E-state index in [4.69, 9.17) is 0 Å². The minimum absolute atomic E-state index is 0.145. The largest absolute Gasteiger partial charge is 0.306 e. The number of rotatable bonds is 1. The van der Waals surface area contributed by atoms with Gasteiger partial charge < -0.3 is 5.32 Å². The van der Waals surface area contributed by atoms with Crippen molar-refractivity contribution in [2.75, 3.05) is 5.75 Å². The second-order valence-corrected chi connectivity index (χ2v) is 5.95. The number of thioether (sulfide) groups is 1. The van der Waals surface area contributed by atoms with Crippen molar-refractivity contribution >= 4 is 11.8 Å². The molecule has 1 heterocycles. The zero-order valence-electron chi connectivity index (χ0n) is 9.74. The predicted molar refractivity (Wildman–Crippen MR) is 68.3 cm³/mol. The Labute approximate surface area is 101 Å². The Bertz CT molecular complexity index is 356. The average molecular weight is 239 g/mol. The molecular formula is C13H18FNS. The number of benzene rings is 1. The van der Waals surface area contributed by atoms with E-state index < -0.39 is 0 Å². The van der Waals surface area contributed by atoms with Crippen molar-refractivity contribution in [2.24, 2.45) is 0 Å². The molecule has 1 aliphatic heterocycles. The van der Waals surface area contributed by atoms with Gasteiger partial charge in [-0.1, -0.05) is 19.1 Å². The molecule has 3 unspecified atom stereocenters. The van der Waals surface area contributed by atoms with Crippen LogP contribution in [0.4, 0.5) is 4.39 Å². The van der Waals surface area contributed by atoms with Gasteiger partial charge in [-0.2, -0.15) is 11.8 Å². The zero-order chi connectivity index (χ0) is 11.5. The zero-order valence-corrected chi connectivity index (χ0v) is 10.6. The molecule has 0 saturated carbocycles. The quantitative estimate of drug-likeness (QED) is 0.806. The molecule has 16 heavy (non-hydrogen) atoms. The van der Waals surface area contributed by atoms with Crippen LogP contribution in [0.2, 0.25) is 0 Å². The number of hydrogen-bond donors (Lipinski definition) is 1. The van der Waals surface area contributed by atoms with E-state index in [2.05, 4.69) is 19.2 Å². The van der Waals surface area contributed by atoms with Gasteiger partial charge in [0, 0.05) is 17.3 Å². The minimum Gasteiger partial charge on any atom is -0.306 e. The molecule has 2 rings (SSSR count). The van der Waals surface area contributed by atoms with E-state index in [-0.39, 0.29) is 11.9 Å². The van der Waals surface area contributed by atoms with Crippen molar-refractivity contribution in [3.05, 3.63) is 35.6 Å². The van der Waals surface area contributed by atoms with Crippen molar-refractivity contribution in [3.8, 4) is 0 Å². The van der Waals surface area contributed by atoms with Crippen molar-refractivity contribution in [3.63, 3.8) is 0 Å². The minimum atomic E-state index is -0.145. The van der Waals surface area contributed by atoms with Crippen LogP contribution < -0.4 is 5.32 Å². The molecule has 1 N–H and O–H groups in total. The maximum Gasteiger partial charge on any atom is 0.123 e. The molecule has 88 valence electrons. The van der Waals surface area contributed by atoms with Gasteiger partial charge in [-0.3, -0.25) is 0 Å². The molecule has 0 aliphatic carbocycles. The molecule has 0 aromatic heterocycles. The van der Waals surface area contributed by atoms with Crippen LogP contribution in [0.5, 0.6) is 0 Å². The Balaban J connectivity index is 2.22. The Morgan fingerprint density at radius 3 is 2.94 bits per heavy atom. The van der Waals surface area contributed by atoms with Crippen molar-refractivity contribution in [1.82, 2.24) is 5.32 Å². The van der Waals surface area contributed by atoms with Gasteiger partial charge in [0.2, 0.25) is 0 Å². The lowest BCUT2D eigenvalue weighted by atomic mass is 10.0. The summed E-state index contributed by atoms with van der Waals surface area (Å²) in [5, 5.41) is 4.08. The normalized spacial score (nSPS) is 31.1. The van der Waals surface area contributed by atoms with Crippen LogP contribution in [0, 0.1) is 5.82 Å². The Hall–Kier alpha value is -0.540. The fourth-order valence-corrected chi connectivity index (χ4v) is 3.41. The van der Waals surface area contributed by atoms with Crippen LogP contribution in [-0.2, 0) is 0 Å². The summed E-state index contributed by atoms with van der Waals surface area (Å²) in [4.78, 5) is 0. The van der Waals surface area contributed by atoms with Gasteiger partial charge in [0.15, 0.2) is 0 Å². The summed E-state index contributed by atoms with van der Waals surface area (Å²) in [6.07, 6.45) is 1.18. The summed E-state index contributed by atoms with van der Waals surface area (Å²) in [7, 11) is 0. The van der Waals surface area contributed by atoms with Crippen molar-refractivity contribution in [2.45, 2.75) is 37.6 Å². The third-order valence-electron chi connectivity index (χ3n) is 3.07. The molecular weight excluding hydrogens is 221 g/mol. The van der Waals surface area contributed by atoms with Crippen LogP contribution in [-0.4, -0.2) is 17.0 Å². The Morgan fingerprint density at radius 2 is 2.19 bits per heavy atom. The van der Waals surface area contributed by atoms with Crippen LogP contribution in [0.3, 0.4) is 0 Å². The highest BCUT2D eigenvalue weighted by Crippen LogP contribution is 2.30. The van der Waals surface area contributed by atoms with E-state index in [1.54, 1.807) is 12.1 Å². The fourth-order valence-electron chi connectivity index (χ4n) is 2.12. The van der Waals surface area contributed by atoms with E-state index in [1.807, 2.05) is 17.8 Å². The number of hydrogen-bond acceptors (Lipinski definition) is 2. The molecule has 1 aliphatic rings. The molecule has 3 heteroatoms. The first-order chi connectivity index (χ1) is 7.66. The first-order valence-electron chi connectivity index (χ1n) is 5.80. The molecule has 0 radical (unpaired) electrons. The molecule has 1 saturated heterocycles. The fraction of sp³-hybridized carbons (Fsp3) is 0.538.